The number of anilines is 3. The maximum atomic E-state index is 2.47. The third-order valence-corrected chi connectivity index (χ3v) is 15.6. The third kappa shape index (κ3) is 6.37. The van der Waals surface area contributed by atoms with Crippen molar-refractivity contribution in [2.24, 2.45) is 0 Å². The van der Waals surface area contributed by atoms with Gasteiger partial charge in [0.15, 0.2) is 0 Å². The minimum Gasteiger partial charge on any atom is -0.310 e. The topological polar surface area (TPSA) is 3.24 Å². The molecule has 320 valence electrons. The second-order valence-corrected chi connectivity index (χ2v) is 19.1. The summed E-state index contributed by atoms with van der Waals surface area (Å²) in [6.07, 6.45) is 0. The minimum atomic E-state index is -0.267. The molecule has 0 amide bonds. The first-order valence-corrected chi connectivity index (χ1v) is 24.3. The molecule has 2 heteroatoms. The van der Waals surface area contributed by atoms with E-state index in [9.17, 15) is 0 Å². The van der Waals surface area contributed by atoms with Crippen LogP contribution in [0.5, 0.6) is 0 Å². The van der Waals surface area contributed by atoms with Gasteiger partial charge in [0.05, 0.1) is 5.69 Å². The molecule has 0 aliphatic heterocycles. The van der Waals surface area contributed by atoms with E-state index in [1.807, 2.05) is 11.3 Å². The lowest BCUT2D eigenvalue weighted by molar-refractivity contribution is 0.714. The maximum absolute atomic E-state index is 2.47. The average Bonchev–Trinajstić information content (AvgIpc) is 3.93. The Morgan fingerprint density at radius 2 is 0.941 bits per heavy atom. The standard InChI is InChI=1S/C66H45NS/c1-66(48-24-6-3-7-25-48)59-35-11-8-29-58(59)64-52(31-18-36-60(64)66)45-39-41-49(42-40-45)67(50-26-14-23-47(43-50)53-32-17-34-57-55-28-10-13-38-62(55)68-65(53)57)61-37-12-9-27-54(61)56-33-16-22-46-21-15-30-51(63(46)56)44-19-4-2-5-20-44/h2-43H,1H3. The molecule has 0 N–H and O–H groups in total. The van der Waals surface area contributed by atoms with Gasteiger partial charge in [0, 0.05) is 42.5 Å². The maximum Gasteiger partial charge on any atom is 0.0540 e. The van der Waals surface area contributed by atoms with Gasteiger partial charge in [0.25, 0.3) is 0 Å². The van der Waals surface area contributed by atoms with E-state index < -0.39 is 0 Å². The Bertz CT molecular complexity index is 3860. The van der Waals surface area contributed by atoms with Crippen molar-refractivity contribution in [1.82, 2.24) is 0 Å². The molecule has 1 aliphatic carbocycles. The number of hydrogen-bond donors (Lipinski definition) is 0. The summed E-state index contributed by atoms with van der Waals surface area (Å²) in [5.74, 6) is 0. The summed E-state index contributed by atoms with van der Waals surface area (Å²) in [7, 11) is 0. The van der Waals surface area contributed by atoms with E-state index in [4.69, 9.17) is 0 Å². The number of thiophene rings is 1. The van der Waals surface area contributed by atoms with Gasteiger partial charge in [-0.1, -0.05) is 218 Å². The van der Waals surface area contributed by atoms with Crippen LogP contribution in [0.25, 0.3) is 86.6 Å². The van der Waals surface area contributed by atoms with Crippen LogP contribution < -0.4 is 4.90 Å². The Labute approximate surface area is 401 Å². The first-order valence-electron chi connectivity index (χ1n) is 23.5. The highest BCUT2D eigenvalue weighted by Crippen LogP contribution is 2.55. The number of rotatable bonds is 8. The van der Waals surface area contributed by atoms with E-state index in [1.54, 1.807) is 0 Å². The predicted octanol–water partition coefficient (Wildman–Crippen LogP) is 18.7. The van der Waals surface area contributed by atoms with E-state index >= 15 is 0 Å². The van der Waals surface area contributed by atoms with Gasteiger partial charge in [0.2, 0.25) is 0 Å². The van der Waals surface area contributed by atoms with Crippen LogP contribution in [0.2, 0.25) is 0 Å². The van der Waals surface area contributed by atoms with Gasteiger partial charge < -0.3 is 4.90 Å². The van der Waals surface area contributed by atoms with Crippen LogP contribution in [0, 0.1) is 0 Å². The Kier molecular flexibility index (Phi) is 9.56. The van der Waals surface area contributed by atoms with Gasteiger partial charge in [-0.05, 0) is 121 Å². The molecule has 0 saturated carbocycles. The fourth-order valence-electron chi connectivity index (χ4n) is 11.2. The van der Waals surface area contributed by atoms with Crippen molar-refractivity contribution in [1.29, 1.82) is 0 Å². The Balaban J connectivity index is 1.00. The van der Waals surface area contributed by atoms with Crippen molar-refractivity contribution < 1.29 is 0 Å². The molecule has 13 rings (SSSR count). The van der Waals surface area contributed by atoms with Crippen LogP contribution in [-0.4, -0.2) is 0 Å². The lowest BCUT2D eigenvalue weighted by Gasteiger charge is -2.29. The van der Waals surface area contributed by atoms with Crippen LogP contribution in [0.4, 0.5) is 17.1 Å². The fourth-order valence-corrected chi connectivity index (χ4v) is 12.4. The van der Waals surface area contributed by atoms with Crippen LogP contribution in [-0.2, 0) is 5.41 Å². The Morgan fingerprint density at radius 3 is 1.78 bits per heavy atom. The predicted molar refractivity (Wildman–Crippen MR) is 291 cm³/mol. The fraction of sp³-hybridized carbons (Fsp3) is 0.0303. The number of para-hydroxylation sites is 1. The van der Waals surface area contributed by atoms with Crippen LogP contribution in [0.1, 0.15) is 23.6 Å². The van der Waals surface area contributed by atoms with E-state index in [2.05, 4.69) is 267 Å². The zero-order valence-corrected chi connectivity index (χ0v) is 38.4. The highest BCUT2D eigenvalue weighted by molar-refractivity contribution is 7.26. The number of hydrogen-bond acceptors (Lipinski definition) is 2. The molecule has 0 fully saturated rings. The van der Waals surface area contributed by atoms with Gasteiger partial charge >= 0.3 is 0 Å². The normalized spacial score (nSPS) is 14.0. The van der Waals surface area contributed by atoms with Gasteiger partial charge in [-0.3, -0.25) is 0 Å². The second-order valence-electron chi connectivity index (χ2n) is 18.1. The molecule has 1 nitrogen and oxygen atoms in total. The molecular weight excluding hydrogens is 839 g/mol. The summed E-state index contributed by atoms with van der Waals surface area (Å²) >= 11 is 1.88. The average molecular weight is 884 g/mol. The molecule has 0 saturated heterocycles. The summed E-state index contributed by atoms with van der Waals surface area (Å²) in [4.78, 5) is 2.47. The highest BCUT2D eigenvalue weighted by atomic mass is 32.1. The van der Waals surface area contributed by atoms with Gasteiger partial charge in [-0.2, -0.15) is 0 Å². The smallest absolute Gasteiger partial charge is 0.0540 e. The minimum absolute atomic E-state index is 0.267. The first-order chi connectivity index (χ1) is 33.6. The summed E-state index contributed by atoms with van der Waals surface area (Å²) < 4.78 is 2.62. The van der Waals surface area contributed by atoms with Gasteiger partial charge in [-0.15, -0.1) is 11.3 Å². The highest BCUT2D eigenvalue weighted by Gasteiger charge is 2.41. The molecule has 1 atom stereocenters. The van der Waals surface area contributed by atoms with Gasteiger partial charge in [-0.25, -0.2) is 0 Å². The van der Waals surface area contributed by atoms with E-state index in [-0.39, 0.29) is 5.41 Å². The molecule has 1 unspecified atom stereocenters. The number of benzene rings is 11. The zero-order valence-electron chi connectivity index (χ0n) is 37.6. The van der Waals surface area contributed by atoms with Crippen molar-refractivity contribution >= 4 is 59.3 Å². The van der Waals surface area contributed by atoms with E-state index in [0.717, 1.165) is 17.1 Å². The molecule has 0 spiro atoms. The third-order valence-electron chi connectivity index (χ3n) is 14.4. The Morgan fingerprint density at radius 1 is 0.368 bits per heavy atom. The first kappa shape index (κ1) is 40.0. The molecule has 11 aromatic carbocycles. The lowest BCUT2D eigenvalue weighted by atomic mass is 9.74. The van der Waals surface area contributed by atoms with Crippen molar-refractivity contribution in [3.05, 3.63) is 271 Å². The largest absolute Gasteiger partial charge is 0.310 e. The molecule has 0 radical (unpaired) electrons. The van der Waals surface area contributed by atoms with Crippen LogP contribution in [0.15, 0.2) is 255 Å². The van der Waals surface area contributed by atoms with Crippen molar-refractivity contribution in [3.8, 4) is 55.6 Å². The molecule has 0 bridgehead atoms. The number of fused-ring (bicyclic) bond motifs is 7. The lowest BCUT2D eigenvalue weighted by Crippen LogP contribution is -2.22. The summed E-state index contributed by atoms with van der Waals surface area (Å²) in [5, 5.41) is 5.07. The summed E-state index contributed by atoms with van der Waals surface area (Å²) in [6.45, 7) is 2.39. The summed E-state index contributed by atoms with van der Waals surface area (Å²) in [6, 6.07) is 94.0. The molecule has 1 aromatic heterocycles. The quantitative estimate of drug-likeness (QED) is 0.147. The van der Waals surface area contributed by atoms with Crippen LogP contribution in [0.3, 0.4) is 0 Å². The van der Waals surface area contributed by atoms with E-state index in [0.29, 0.717) is 0 Å². The van der Waals surface area contributed by atoms with Crippen molar-refractivity contribution in [3.63, 3.8) is 0 Å². The molecule has 12 aromatic rings. The summed E-state index contributed by atoms with van der Waals surface area (Å²) in [5.41, 5.74) is 19.3. The second kappa shape index (κ2) is 16.2. The SMILES string of the molecule is CC1(c2ccccc2)c2ccccc2-c2c(-c3ccc(N(c4cccc(-c5cccc6c5sc5ccccc56)c4)c4ccccc4-c4cccc5cccc(-c6ccccc6)c45)cc3)cccc21. The monoisotopic (exact) mass is 883 g/mol. The van der Waals surface area contributed by atoms with Crippen molar-refractivity contribution in [2.45, 2.75) is 12.3 Å². The van der Waals surface area contributed by atoms with Crippen molar-refractivity contribution in [2.75, 3.05) is 4.90 Å². The number of nitrogens with zero attached hydrogens (tertiary/aromatic N) is 1. The van der Waals surface area contributed by atoms with Gasteiger partial charge in [0.1, 0.15) is 0 Å². The molecular formula is C66H45NS. The molecule has 1 aliphatic rings. The van der Waals surface area contributed by atoms with E-state index in [1.165, 1.54) is 103 Å². The molecule has 1 heterocycles. The van der Waals surface area contributed by atoms with Crippen LogP contribution >= 0.6 is 11.3 Å². The Hall–Kier alpha value is -8.30. The zero-order chi connectivity index (χ0) is 45.2. The molecule has 68 heavy (non-hydrogen) atoms.